The summed E-state index contributed by atoms with van der Waals surface area (Å²) in [6.07, 6.45) is 1.49. The Labute approximate surface area is 136 Å². The van der Waals surface area contributed by atoms with Gasteiger partial charge in [-0.3, -0.25) is 4.79 Å². The number of nitrogens with one attached hydrogen (secondary N) is 1. The van der Waals surface area contributed by atoms with E-state index in [0.717, 1.165) is 10.0 Å². The molecule has 0 aliphatic heterocycles. The Hall–Kier alpha value is -2.89. The van der Waals surface area contributed by atoms with Gasteiger partial charge in [-0.1, -0.05) is 24.3 Å². The van der Waals surface area contributed by atoms with Crippen molar-refractivity contribution in [3.8, 4) is 12.1 Å². The van der Waals surface area contributed by atoms with Gasteiger partial charge in [0.15, 0.2) is 0 Å². The molecule has 0 aliphatic carbocycles. The SMILES string of the molecule is N#CC(C#N)=Cc1ccc(NC(=O)c2ccccc2Br)cc1. The molecule has 5 heteroatoms. The zero-order chi connectivity index (χ0) is 15.9. The number of nitriles is 2. The van der Waals surface area contributed by atoms with E-state index in [1.165, 1.54) is 6.08 Å². The standard InChI is InChI=1S/C17H10BrN3O/c18-16-4-2-1-3-15(16)17(22)21-14-7-5-12(6-8-14)9-13(10-19)11-20/h1-9H,(H,21,22). The van der Waals surface area contributed by atoms with E-state index in [0.29, 0.717) is 11.3 Å². The van der Waals surface area contributed by atoms with Crippen LogP contribution in [0.1, 0.15) is 15.9 Å². The molecular weight excluding hydrogens is 342 g/mol. The van der Waals surface area contributed by atoms with E-state index < -0.39 is 0 Å². The van der Waals surface area contributed by atoms with Crippen LogP contribution in [-0.4, -0.2) is 5.91 Å². The van der Waals surface area contributed by atoms with E-state index in [-0.39, 0.29) is 11.5 Å². The number of carbonyl (C=O) groups excluding carboxylic acids is 1. The summed E-state index contributed by atoms with van der Waals surface area (Å²) in [7, 11) is 0. The minimum Gasteiger partial charge on any atom is -0.322 e. The van der Waals surface area contributed by atoms with Crippen LogP contribution in [0, 0.1) is 22.7 Å². The fourth-order valence-electron chi connectivity index (χ4n) is 1.76. The predicted molar refractivity (Wildman–Crippen MR) is 87.7 cm³/mol. The number of allylic oxidation sites excluding steroid dienone is 1. The van der Waals surface area contributed by atoms with Crippen molar-refractivity contribution >= 4 is 33.6 Å². The number of anilines is 1. The second-order valence-electron chi connectivity index (χ2n) is 4.34. The van der Waals surface area contributed by atoms with Gasteiger partial charge in [-0.15, -0.1) is 0 Å². The Morgan fingerprint density at radius 3 is 2.27 bits per heavy atom. The number of hydrogen-bond acceptors (Lipinski definition) is 3. The molecule has 0 heterocycles. The first-order valence-electron chi connectivity index (χ1n) is 6.32. The van der Waals surface area contributed by atoms with E-state index >= 15 is 0 Å². The topological polar surface area (TPSA) is 76.7 Å². The first-order valence-corrected chi connectivity index (χ1v) is 7.11. The van der Waals surface area contributed by atoms with Crippen LogP contribution in [0.4, 0.5) is 5.69 Å². The van der Waals surface area contributed by atoms with E-state index in [1.807, 2.05) is 6.07 Å². The smallest absolute Gasteiger partial charge is 0.256 e. The fraction of sp³-hybridized carbons (Fsp3) is 0. The third kappa shape index (κ3) is 3.82. The minimum atomic E-state index is -0.217. The lowest BCUT2D eigenvalue weighted by molar-refractivity contribution is 0.102. The molecular formula is C17H10BrN3O. The van der Waals surface area contributed by atoms with Crippen molar-refractivity contribution in [1.29, 1.82) is 10.5 Å². The van der Waals surface area contributed by atoms with Crippen molar-refractivity contribution < 1.29 is 4.79 Å². The molecule has 0 fully saturated rings. The highest BCUT2D eigenvalue weighted by molar-refractivity contribution is 9.10. The Morgan fingerprint density at radius 2 is 1.68 bits per heavy atom. The van der Waals surface area contributed by atoms with Crippen molar-refractivity contribution in [3.63, 3.8) is 0 Å². The van der Waals surface area contributed by atoms with E-state index in [1.54, 1.807) is 54.6 Å². The van der Waals surface area contributed by atoms with Gasteiger partial charge in [-0.25, -0.2) is 0 Å². The fourth-order valence-corrected chi connectivity index (χ4v) is 2.23. The van der Waals surface area contributed by atoms with Crippen LogP contribution >= 0.6 is 15.9 Å². The highest BCUT2D eigenvalue weighted by Crippen LogP contribution is 2.18. The highest BCUT2D eigenvalue weighted by atomic mass is 79.9. The molecule has 22 heavy (non-hydrogen) atoms. The maximum absolute atomic E-state index is 12.2. The lowest BCUT2D eigenvalue weighted by Crippen LogP contribution is -2.12. The van der Waals surface area contributed by atoms with Crippen LogP contribution in [0.2, 0.25) is 0 Å². The van der Waals surface area contributed by atoms with E-state index in [4.69, 9.17) is 10.5 Å². The second kappa shape index (κ2) is 7.21. The van der Waals surface area contributed by atoms with Crippen LogP contribution < -0.4 is 5.32 Å². The summed E-state index contributed by atoms with van der Waals surface area (Å²) in [5.41, 5.74) is 1.93. The maximum atomic E-state index is 12.2. The quantitative estimate of drug-likeness (QED) is 0.844. The minimum absolute atomic E-state index is 0.0324. The highest BCUT2D eigenvalue weighted by Gasteiger charge is 2.09. The van der Waals surface area contributed by atoms with Crippen molar-refractivity contribution in [2.24, 2.45) is 0 Å². The van der Waals surface area contributed by atoms with Gasteiger partial charge in [0.25, 0.3) is 5.91 Å². The zero-order valence-corrected chi connectivity index (χ0v) is 13.0. The normalized spacial score (nSPS) is 9.23. The first kappa shape index (κ1) is 15.5. The van der Waals surface area contributed by atoms with Crippen molar-refractivity contribution in [3.05, 3.63) is 69.7 Å². The summed E-state index contributed by atoms with van der Waals surface area (Å²) in [5, 5.41) is 20.2. The third-order valence-electron chi connectivity index (χ3n) is 2.84. The molecule has 0 aliphatic rings. The van der Waals surface area contributed by atoms with Gasteiger partial charge in [0.1, 0.15) is 17.7 Å². The molecule has 0 saturated carbocycles. The molecule has 106 valence electrons. The Kier molecular flexibility index (Phi) is 5.08. The zero-order valence-electron chi connectivity index (χ0n) is 11.4. The molecule has 1 amide bonds. The first-order chi connectivity index (χ1) is 10.6. The number of amides is 1. The van der Waals surface area contributed by atoms with Crippen molar-refractivity contribution in [1.82, 2.24) is 0 Å². The lowest BCUT2D eigenvalue weighted by Gasteiger charge is -2.07. The summed E-state index contributed by atoms with van der Waals surface area (Å²) < 4.78 is 0.722. The summed E-state index contributed by atoms with van der Waals surface area (Å²) in [6, 6.07) is 17.6. The summed E-state index contributed by atoms with van der Waals surface area (Å²) >= 11 is 3.33. The molecule has 2 rings (SSSR count). The van der Waals surface area contributed by atoms with Gasteiger partial charge in [-0.05, 0) is 51.8 Å². The molecule has 2 aromatic rings. The number of hydrogen-bond donors (Lipinski definition) is 1. The molecule has 0 spiro atoms. The van der Waals surface area contributed by atoms with Gasteiger partial charge in [0.2, 0.25) is 0 Å². The molecule has 1 N–H and O–H groups in total. The van der Waals surface area contributed by atoms with Crippen LogP contribution in [0.5, 0.6) is 0 Å². The van der Waals surface area contributed by atoms with Crippen LogP contribution in [-0.2, 0) is 0 Å². The second-order valence-corrected chi connectivity index (χ2v) is 5.19. The summed E-state index contributed by atoms with van der Waals surface area (Å²) in [5.74, 6) is -0.217. The Balaban J connectivity index is 2.14. The molecule has 0 saturated heterocycles. The average molecular weight is 352 g/mol. The predicted octanol–water partition coefficient (Wildman–Crippen LogP) is 4.13. The lowest BCUT2D eigenvalue weighted by atomic mass is 10.1. The van der Waals surface area contributed by atoms with Gasteiger partial charge in [0, 0.05) is 10.2 Å². The van der Waals surface area contributed by atoms with Crippen LogP contribution in [0.25, 0.3) is 6.08 Å². The van der Waals surface area contributed by atoms with E-state index in [9.17, 15) is 4.79 Å². The molecule has 0 atom stereocenters. The van der Waals surface area contributed by atoms with Crippen molar-refractivity contribution in [2.45, 2.75) is 0 Å². The molecule has 0 aromatic heterocycles. The van der Waals surface area contributed by atoms with Crippen molar-refractivity contribution in [2.75, 3.05) is 5.32 Å². The van der Waals surface area contributed by atoms with Gasteiger partial charge < -0.3 is 5.32 Å². The maximum Gasteiger partial charge on any atom is 0.256 e. The molecule has 0 radical (unpaired) electrons. The number of nitrogens with zero attached hydrogens (tertiary/aromatic N) is 2. The molecule has 2 aromatic carbocycles. The molecule has 4 nitrogen and oxygen atoms in total. The van der Waals surface area contributed by atoms with Crippen LogP contribution in [0.3, 0.4) is 0 Å². The third-order valence-corrected chi connectivity index (χ3v) is 3.53. The van der Waals surface area contributed by atoms with Crippen LogP contribution in [0.15, 0.2) is 58.6 Å². The number of benzene rings is 2. The van der Waals surface area contributed by atoms with Gasteiger partial charge >= 0.3 is 0 Å². The number of halogens is 1. The summed E-state index contributed by atoms with van der Waals surface area (Å²) in [4.78, 5) is 12.2. The van der Waals surface area contributed by atoms with E-state index in [2.05, 4.69) is 21.2 Å². The Morgan fingerprint density at radius 1 is 1.05 bits per heavy atom. The summed E-state index contributed by atoms with van der Waals surface area (Å²) in [6.45, 7) is 0. The molecule has 0 bridgehead atoms. The number of carbonyl (C=O) groups is 1. The Bertz CT molecular complexity index is 795. The monoisotopic (exact) mass is 351 g/mol. The molecule has 0 unspecified atom stereocenters. The number of rotatable bonds is 3. The van der Waals surface area contributed by atoms with Gasteiger partial charge in [0.05, 0.1) is 5.56 Å². The average Bonchev–Trinajstić information content (AvgIpc) is 2.54. The van der Waals surface area contributed by atoms with Gasteiger partial charge in [-0.2, -0.15) is 10.5 Å². The largest absolute Gasteiger partial charge is 0.322 e.